The van der Waals surface area contributed by atoms with Crippen LogP contribution in [0.25, 0.3) is 0 Å². The molecule has 0 aliphatic heterocycles. The van der Waals surface area contributed by atoms with Crippen molar-refractivity contribution in [2.75, 3.05) is 0 Å². The fourth-order valence-corrected chi connectivity index (χ4v) is 4.55. The van der Waals surface area contributed by atoms with Crippen LogP contribution in [0.15, 0.2) is 60.7 Å². The first-order valence-corrected chi connectivity index (χ1v) is 11.6. The number of carbonyl (C=O) groups excluding carboxylic acids is 2. The second kappa shape index (κ2) is 12.1. The van der Waals surface area contributed by atoms with Crippen molar-refractivity contribution in [2.45, 2.75) is 77.1 Å². The van der Waals surface area contributed by atoms with E-state index in [1.165, 1.54) is 5.56 Å². The third kappa shape index (κ3) is 10.7. The van der Waals surface area contributed by atoms with Gasteiger partial charge >= 0.3 is 5.97 Å². The lowest BCUT2D eigenvalue weighted by Crippen LogP contribution is -2.32. The number of carbonyl (C=O) groups is 2. The summed E-state index contributed by atoms with van der Waals surface area (Å²) in [6.07, 6.45) is 5.36. The minimum absolute atomic E-state index is 0.0735. The molecule has 0 aliphatic rings. The summed E-state index contributed by atoms with van der Waals surface area (Å²) in [4.78, 5) is 23.7. The van der Waals surface area contributed by atoms with Gasteiger partial charge in [0, 0.05) is 25.7 Å². The maximum Gasteiger partial charge on any atom is 0.307 e. The summed E-state index contributed by atoms with van der Waals surface area (Å²) in [5.74, 6) is 0.0777. The number of hydrogen-bond acceptors (Lipinski definition) is 4. The van der Waals surface area contributed by atoms with Crippen molar-refractivity contribution in [3.8, 4) is 0 Å². The summed E-state index contributed by atoms with van der Waals surface area (Å²) >= 11 is 4.63. The van der Waals surface area contributed by atoms with Gasteiger partial charge in [-0.25, -0.2) is 0 Å². The van der Waals surface area contributed by atoms with Crippen LogP contribution in [-0.4, -0.2) is 16.7 Å². The van der Waals surface area contributed by atoms with E-state index in [4.69, 9.17) is 4.74 Å². The predicted octanol–water partition coefficient (Wildman–Crippen LogP) is 6.60. The highest BCUT2D eigenvalue weighted by molar-refractivity contribution is 7.81. The SMILES string of the molecule is CC(C)(CCCC(=O)CCc1ccccc1)CC(C)(S)OC(=O)CCc1ccccc1. The number of Topliss-reactive ketones (excluding diaryl/α,β-unsaturated/α-hetero) is 1. The maximum absolute atomic E-state index is 12.3. The zero-order valence-corrected chi connectivity index (χ0v) is 20.0. The van der Waals surface area contributed by atoms with Gasteiger partial charge in [0.15, 0.2) is 4.93 Å². The van der Waals surface area contributed by atoms with Crippen molar-refractivity contribution >= 4 is 24.4 Å². The molecule has 0 aromatic heterocycles. The number of ketones is 1. The smallest absolute Gasteiger partial charge is 0.307 e. The maximum atomic E-state index is 12.3. The predicted molar refractivity (Wildman–Crippen MR) is 130 cm³/mol. The zero-order valence-electron chi connectivity index (χ0n) is 19.1. The van der Waals surface area contributed by atoms with Crippen molar-refractivity contribution in [2.24, 2.45) is 5.41 Å². The first-order chi connectivity index (χ1) is 14.7. The van der Waals surface area contributed by atoms with Crippen molar-refractivity contribution < 1.29 is 14.3 Å². The highest BCUT2D eigenvalue weighted by Crippen LogP contribution is 2.37. The van der Waals surface area contributed by atoms with Crippen LogP contribution in [0, 0.1) is 5.41 Å². The molecule has 0 saturated carbocycles. The summed E-state index contributed by atoms with van der Waals surface area (Å²) in [6, 6.07) is 20.0. The van der Waals surface area contributed by atoms with Gasteiger partial charge in [0.2, 0.25) is 0 Å². The van der Waals surface area contributed by atoms with Gasteiger partial charge < -0.3 is 4.74 Å². The number of aryl methyl sites for hydroxylation is 2. The molecule has 3 nitrogen and oxygen atoms in total. The molecule has 1 atom stereocenters. The Morgan fingerprint density at radius 2 is 1.32 bits per heavy atom. The van der Waals surface area contributed by atoms with E-state index in [1.54, 1.807) is 0 Å². The van der Waals surface area contributed by atoms with Crippen LogP contribution in [0.2, 0.25) is 0 Å². The summed E-state index contributed by atoms with van der Waals surface area (Å²) < 4.78 is 5.67. The lowest BCUT2D eigenvalue weighted by molar-refractivity contribution is -0.152. The molecule has 0 N–H and O–H groups in total. The number of rotatable bonds is 13. The second-order valence-corrected chi connectivity index (χ2v) is 10.3. The molecular formula is C27H36O3S. The van der Waals surface area contributed by atoms with E-state index in [-0.39, 0.29) is 11.4 Å². The van der Waals surface area contributed by atoms with Crippen LogP contribution < -0.4 is 0 Å². The topological polar surface area (TPSA) is 43.4 Å². The van der Waals surface area contributed by atoms with Crippen molar-refractivity contribution in [3.05, 3.63) is 71.8 Å². The quantitative estimate of drug-likeness (QED) is 0.217. The molecule has 168 valence electrons. The molecule has 0 fully saturated rings. The number of esters is 1. The van der Waals surface area contributed by atoms with E-state index in [0.29, 0.717) is 37.9 Å². The Balaban J connectivity index is 1.69. The number of benzene rings is 2. The Hall–Kier alpha value is -2.07. The fourth-order valence-electron chi connectivity index (χ4n) is 4.02. The van der Waals surface area contributed by atoms with E-state index in [0.717, 1.165) is 24.8 Å². The fraction of sp³-hybridized carbons (Fsp3) is 0.481. The average Bonchev–Trinajstić information content (AvgIpc) is 2.71. The Bertz CT molecular complexity index is 813. The van der Waals surface area contributed by atoms with Gasteiger partial charge in [0.1, 0.15) is 5.78 Å². The Kier molecular flexibility index (Phi) is 9.83. The van der Waals surface area contributed by atoms with Gasteiger partial charge in [0.25, 0.3) is 0 Å². The van der Waals surface area contributed by atoms with Gasteiger partial charge in [-0.1, -0.05) is 74.5 Å². The lowest BCUT2D eigenvalue weighted by Gasteiger charge is -2.34. The van der Waals surface area contributed by atoms with Crippen LogP contribution in [0.1, 0.15) is 70.4 Å². The molecule has 2 aromatic carbocycles. The highest BCUT2D eigenvalue weighted by atomic mass is 32.1. The van der Waals surface area contributed by atoms with E-state index < -0.39 is 4.93 Å². The third-order valence-corrected chi connectivity index (χ3v) is 5.69. The minimum atomic E-state index is -0.825. The van der Waals surface area contributed by atoms with Crippen molar-refractivity contribution in [3.63, 3.8) is 0 Å². The Labute approximate surface area is 193 Å². The molecule has 0 spiro atoms. The molecule has 31 heavy (non-hydrogen) atoms. The number of hydrogen-bond donors (Lipinski definition) is 1. The minimum Gasteiger partial charge on any atom is -0.448 e. The van der Waals surface area contributed by atoms with Gasteiger partial charge in [-0.05, 0) is 49.1 Å². The monoisotopic (exact) mass is 440 g/mol. The van der Waals surface area contributed by atoms with Gasteiger partial charge in [-0.15, -0.1) is 12.6 Å². The molecule has 0 saturated heterocycles. The molecule has 0 amide bonds. The number of ether oxygens (including phenoxy) is 1. The van der Waals surface area contributed by atoms with Crippen LogP contribution in [0.4, 0.5) is 0 Å². The Morgan fingerprint density at radius 3 is 1.87 bits per heavy atom. The van der Waals surface area contributed by atoms with E-state index >= 15 is 0 Å². The van der Waals surface area contributed by atoms with Crippen LogP contribution >= 0.6 is 12.6 Å². The van der Waals surface area contributed by atoms with E-state index in [9.17, 15) is 9.59 Å². The van der Waals surface area contributed by atoms with Crippen molar-refractivity contribution in [1.82, 2.24) is 0 Å². The van der Waals surface area contributed by atoms with Gasteiger partial charge in [-0.3, -0.25) is 9.59 Å². The molecular weight excluding hydrogens is 404 g/mol. The first-order valence-electron chi connectivity index (χ1n) is 11.2. The number of thiol groups is 1. The van der Waals surface area contributed by atoms with Crippen LogP contribution in [0.5, 0.6) is 0 Å². The Morgan fingerprint density at radius 1 is 0.806 bits per heavy atom. The zero-order chi connectivity index (χ0) is 22.7. The average molecular weight is 441 g/mol. The van der Waals surface area contributed by atoms with Crippen molar-refractivity contribution in [1.29, 1.82) is 0 Å². The normalized spacial score (nSPS) is 13.4. The van der Waals surface area contributed by atoms with Crippen LogP contribution in [-0.2, 0) is 27.2 Å². The third-order valence-electron chi connectivity index (χ3n) is 5.45. The summed E-state index contributed by atoms with van der Waals surface area (Å²) in [6.45, 7) is 6.14. The highest BCUT2D eigenvalue weighted by Gasteiger charge is 2.32. The van der Waals surface area contributed by atoms with E-state index in [1.807, 2.05) is 55.5 Å². The summed E-state index contributed by atoms with van der Waals surface area (Å²) in [5.41, 5.74) is 2.25. The molecule has 2 rings (SSSR count). The van der Waals surface area contributed by atoms with E-state index in [2.05, 4.69) is 38.6 Å². The van der Waals surface area contributed by atoms with Gasteiger partial charge in [0.05, 0.1) is 0 Å². The summed E-state index contributed by atoms with van der Waals surface area (Å²) in [5, 5.41) is 0. The van der Waals surface area contributed by atoms with Crippen LogP contribution in [0.3, 0.4) is 0 Å². The van der Waals surface area contributed by atoms with Gasteiger partial charge in [-0.2, -0.15) is 0 Å². The molecule has 0 aliphatic carbocycles. The standard InChI is InChI=1S/C27H36O3S/c1-26(2,20-10-15-24(28)18-16-22-11-6-4-7-12-22)21-27(3,31)30-25(29)19-17-23-13-8-5-9-14-23/h4-9,11-14,31H,10,15-21H2,1-3H3. The molecule has 2 aromatic rings. The molecule has 0 bridgehead atoms. The molecule has 4 heteroatoms. The molecule has 1 unspecified atom stereocenters. The summed E-state index contributed by atoms with van der Waals surface area (Å²) in [7, 11) is 0. The largest absolute Gasteiger partial charge is 0.448 e. The second-order valence-electron chi connectivity index (χ2n) is 9.35. The molecule has 0 heterocycles. The first kappa shape index (κ1) is 25.2. The lowest BCUT2D eigenvalue weighted by atomic mass is 9.81. The molecule has 0 radical (unpaired) electrons.